The third kappa shape index (κ3) is 3.47. The normalized spacial score (nSPS) is 17.0. The standard InChI is InChI=1S/C23H17ClN6OS/c1-13-9-16(14(2)29(13)18-7-3-6-17(24)11-18)10-19-20(25)30-23(27-21(19)31)32-22(28-30)15-5-4-8-26-12-15/h3-12,25H,1-2H3. The van der Waals surface area contributed by atoms with Crippen LogP contribution in [0.5, 0.6) is 0 Å². The van der Waals surface area contributed by atoms with E-state index in [1.165, 1.54) is 16.8 Å². The molecule has 2 aliphatic rings. The number of carbonyl (C=O) groups excluding carboxylic acids is 1. The Bertz CT molecular complexity index is 1370. The van der Waals surface area contributed by atoms with E-state index in [-0.39, 0.29) is 11.4 Å². The predicted octanol–water partition coefficient (Wildman–Crippen LogP) is 4.81. The average Bonchev–Trinajstić information content (AvgIpc) is 3.32. The first-order valence-electron chi connectivity index (χ1n) is 9.78. The van der Waals surface area contributed by atoms with Crippen molar-refractivity contribution in [3.05, 3.63) is 88.0 Å². The number of rotatable bonds is 3. The number of amidine groups is 2. The van der Waals surface area contributed by atoms with Crippen molar-refractivity contribution in [2.24, 2.45) is 10.1 Å². The largest absolute Gasteiger partial charge is 0.318 e. The summed E-state index contributed by atoms with van der Waals surface area (Å²) >= 11 is 7.42. The number of aryl methyl sites for hydroxylation is 1. The molecule has 0 bridgehead atoms. The molecule has 2 aliphatic heterocycles. The van der Waals surface area contributed by atoms with Gasteiger partial charge in [-0.3, -0.25) is 15.2 Å². The molecule has 0 saturated heterocycles. The molecule has 9 heteroatoms. The Labute approximate surface area is 193 Å². The first kappa shape index (κ1) is 20.4. The highest BCUT2D eigenvalue weighted by atomic mass is 35.5. The van der Waals surface area contributed by atoms with Crippen molar-refractivity contribution in [2.45, 2.75) is 13.8 Å². The van der Waals surface area contributed by atoms with Crippen LogP contribution in [0.25, 0.3) is 11.8 Å². The molecule has 0 unspecified atom stereocenters. The molecule has 0 fully saturated rings. The van der Waals surface area contributed by atoms with Gasteiger partial charge in [0.05, 0.1) is 5.57 Å². The topological polar surface area (TPSA) is 86.7 Å². The maximum absolute atomic E-state index is 12.8. The number of benzene rings is 1. The lowest BCUT2D eigenvalue weighted by molar-refractivity contribution is -0.114. The van der Waals surface area contributed by atoms with Crippen LogP contribution in [0.2, 0.25) is 5.02 Å². The van der Waals surface area contributed by atoms with E-state index in [0.717, 1.165) is 28.2 Å². The van der Waals surface area contributed by atoms with Crippen LogP contribution < -0.4 is 0 Å². The zero-order valence-electron chi connectivity index (χ0n) is 17.2. The summed E-state index contributed by atoms with van der Waals surface area (Å²) in [5, 5.41) is 16.2. The van der Waals surface area contributed by atoms with Crippen molar-refractivity contribution in [2.75, 3.05) is 0 Å². The van der Waals surface area contributed by atoms with Gasteiger partial charge in [0, 0.05) is 40.1 Å². The molecule has 1 amide bonds. The van der Waals surface area contributed by atoms with E-state index in [1.54, 1.807) is 18.5 Å². The molecule has 0 atom stereocenters. The van der Waals surface area contributed by atoms with E-state index in [1.807, 2.05) is 56.3 Å². The van der Waals surface area contributed by atoms with E-state index in [4.69, 9.17) is 17.0 Å². The van der Waals surface area contributed by atoms with Gasteiger partial charge in [0.2, 0.25) is 5.17 Å². The number of halogens is 1. The van der Waals surface area contributed by atoms with Gasteiger partial charge in [-0.2, -0.15) is 15.1 Å². The highest BCUT2D eigenvalue weighted by molar-refractivity contribution is 8.27. The van der Waals surface area contributed by atoms with Crippen LogP contribution in [0.3, 0.4) is 0 Å². The average molecular weight is 461 g/mol. The van der Waals surface area contributed by atoms with Gasteiger partial charge in [-0.05, 0) is 73.6 Å². The summed E-state index contributed by atoms with van der Waals surface area (Å²) in [6.07, 6.45) is 5.08. The summed E-state index contributed by atoms with van der Waals surface area (Å²) in [4.78, 5) is 21.1. The number of nitrogens with zero attached hydrogens (tertiary/aromatic N) is 5. The summed E-state index contributed by atoms with van der Waals surface area (Å²) in [5.74, 6) is -0.456. The molecule has 0 spiro atoms. The van der Waals surface area contributed by atoms with E-state index < -0.39 is 5.91 Å². The first-order valence-corrected chi connectivity index (χ1v) is 11.0. The zero-order chi connectivity index (χ0) is 22.4. The van der Waals surface area contributed by atoms with Crippen LogP contribution in [-0.2, 0) is 4.79 Å². The molecular formula is C23H17ClN6OS. The Morgan fingerprint density at radius 1 is 1.16 bits per heavy atom. The maximum atomic E-state index is 12.8. The summed E-state index contributed by atoms with van der Waals surface area (Å²) < 4.78 is 2.06. The third-order valence-electron chi connectivity index (χ3n) is 5.20. The molecule has 0 saturated carbocycles. The van der Waals surface area contributed by atoms with Crippen LogP contribution >= 0.6 is 23.4 Å². The summed E-state index contributed by atoms with van der Waals surface area (Å²) in [7, 11) is 0. The molecule has 5 rings (SSSR count). The monoisotopic (exact) mass is 460 g/mol. The number of hydrogen-bond acceptors (Lipinski definition) is 5. The molecule has 1 aromatic carbocycles. The SMILES string of the molecule is Cc1cc(C=C2C(=N)N3N=C(c4cccnc4)SC3=NC2=O)c(C)n1-c1cccc(Cl)c1. The Hall–Kier alpha value is -3.49. The van der Waals surface area contributed by atoms with Crippen LogP contribution in [0.1, 0.15) is 22.5 Å². The highest BCUT2D eigenvalue weighted by Crippen LogP contribution is 2.31. The van der Waals surface area contributed by atoms with E-state index >= 15 is 0 Å². The van der Waals surface area contributed by atoms with Crippen LogP contribution in [0.4, 0.5) is 0 Å². The maximum Gasteiger partial charge on any atom is 0.283 e. The van der Waals surface area contributed by atoms with Gasteiger partial charge < -0.3 is 4.57 Å². The lowest BCUT2D eigenvalue weighted by atomic mass is 10.1. The molecule has 1 N–H and O–H groups in total. The molecule has 4 heterocycles. The second kappa shape index (κ2) is 7.89. The van der Waals surface area contributed by atoms with Gasteiger partial charge >= 0.3 is 0 Å². The smallest absolute Gasteiger partial charge is 0.283 e. The summed E-state index contributed by atoms with van der Waals surface area (Å²) in [5.41, 5.74) is 4.69. The minimum absolute atomic E-state index is 0.000973. The second-order valence-corrected chi connectivity index (χ2v) is 8.70. The van der Waals surface area contributed by atoms with Crippen molar-refractivity contribution in [3.63, 3.8) is 0 Å². The van der Waals surface area contributed by atoms with Crippen molar-refractivity contribution in [3.8, 4) is 5.69 Å². The second-order valence-electron chi connectivity index (χ2n) is 7.31. The quantitative estimate of drug-likeness (QED) is 0.568. The molecule has 3 aromatic rings. The number of aromatic nitrogens is 2. The third-order valence-corrected chi connectivity index (χ3v) is 6.39. The fourth-order valence-electron chi connectivity index (χ4n) is 3.70. The zero-order valence-corrected chi connectivity index (χ0v) is 18.8. The number of aliphatic imine (C=N–C) groups is 1. The minimum Gasteiger partial charge on any atom is -0.318 e. The number of amides is 1. The highest BCUT2D eigenvalue weighted by Gasteiger charge is 2.36. The molecule has 158 valence electrons. The Morgan fingerprint density at radius 3 is 2.75 bits per heavy atom. The van der Waals surface area contributed by atoms with Gasteiger partial charge in [0.15, 0.2) is 5.84 Å². The fraction of sp³-hybridized carbons (Fsp3) is 0.0870. The number of hydrazone groups is 1. The lowest BCUT2D eigenvalue weighted by Gasteiger charge is -2.20. The van der Waals surface area contributed by atoms with Gasteiger partial charge in [-0.15, -0.1) is 0 Å². The Kier molecular flexibility index (Phi) is 5.03. The molecule has 0 radical (unpaired) electrons. The molecule has 7 nitrogen and oxygen atoms in total. The van der Waals surface area contributed by atoms with Gasteiger partial charge in [-0.25, -0.2) is 0 Å². The number of nitrogens with one attached hydrogen (secondary N) is 1. The Morgan fingerprint density at radius 2 is 2.00 bits per heavy atom. The summed E-state index contributed by atoms with van der Waals surface area (Å²) in [6, 6.07) is 13.3. The number of carbonyl (C=O) groups is 1. The van der Waals surface area contributed by atoms with Crippen molar-refractivity contribution >= 4 is 51.4 Å². The van der Waals surface area contributed by atoms with Gasteiger partial charge in [0.25, 0.3) is 5.91 Å². The summed E-state index contributed by atoms with van der Waals surface area (Å²) in [6.45, 7) is 3.96. The van der Waals surface area contributed by atoms with E-state index in [2.05, 4.69) is 19.6 Å². The lowest BCUT2D eigenvalue weighted by Crippen LogP contribution is -2.35. The van der Waals surface area contributed by atoms with Crippen molar-refractivity contribution < 1.29 is 4.79 Å². The molecule has 0 aliphatic carbocycles. The van der Waals surface area contributed by atoms with E-state index in [0.29, 0.717) is 15.2 Å². The fourth-order valence-corrected chi connectivity index (χ4v) is 4.77. The molecule has 32 heavy (non-hydrogen) atoms. The minimum atomic E-state index is -0.455. The first-order chi connectivity index (χ1) is 15.4. The van der Waals surface area contributed by atoms with Gasteiger partial charge in [0.1, 0.15) is 5.04 Å². The predicted molar refractivity (Wildman–Crippen MR) is 129 cm³/mol. The molecule has 2 aromatic heterocycles. The van der Waals surface area contributed by atoms with Crippen molar-refractivity contribution in [1.82, 2.24) is 14.6 Å². The van der Waals surface area contributed by atoms with Crippen LogP contribution in [0, 0.1) is 19.3 Å². The number of pyridine rings is 1. The molecular weight excluding hydrogens is 444 g/mol. The van der Waals surface area contributed by atoms with E-state index in [9.17, 15) is 4.79 Å². The van der Waals surface area contributed by atoms with Crippen LogP contribution in [0.15, 0.2) is 70.5 Å². The number of hydrogen-bond donors (Lipinski definition) is 1. The van der Waals surface area contributed by atoms with Crippen molar-refractivity contribution in [1.29, 1.82) is 5.41 Å². The van der Waals surface area contributed by atoms with Gasteiger partial charge in [-0.1, -0.05) is 17.7 Å². The van der Waals surface area contributed by atoms with Crippen LogP contribution in [-0.4, -0.2) is 36.5 Å². The number of fused-ring (bicyclic) bond motifs is 1. The Balaban J connectivity index is 1.52. The number of thioether (sulfide) groups is 1.